The Morgan fingerprint density at radius 3 is 2.74 bits per heavy atom. The fourth-order valence-electron chi connectivity index (χ4n) is 3.08. The molecule has 0 amide bonds. The summed E-state index contributed by atoms with van der Waals surface area (Å²) in [7, 11) is 3.85. The molecule has 0 aliphatic carbocycles. The Bertz CT molecular complexity index is 819. The number of aromatic nitrogens is 4. The van der Waals surface area contributed by atoms with Crippen LogP contribution in [0.2, 0.25) is 0 Å². The molecular weight excluding hydrogens is 310 g/mol. The number of hydrogen-bond donors (Lipinski definition) is 0. The van der Waals surface area contributed by atoms with Gasteiger partial charge in [0, 0.05) is 5.92 Å². The first-order chi connectivity index (χ1) is 11.3. The van der Waals surface area contributed by atoms with Crippen molar-refractivity contribution in [3.8, 4) is 16.3 Å². The van der Waals surface area contributed by atoms with Crippen molar-refractivity contribution in [3.05, 3.63) is 30.1 Å². The van der Waals surface area contributed by atoms with Crippen molar-refractivity contribution >= 4 is 16.3 Å². The Labute approximate surface area is 138 Å². The van der Waals surface area contributed by atoms with E-state index in [-0.39, 0.29) is 0 Å². The third-order valence-corrected chi connectivity index (χ3v) is 5.37. The molecule has 0 N–H and O–H groups in total. The van der Waals surface area contributed by atoms with Crippen LogP contribution < -0.4 is 4.74 Å². The Morgan fingerprint density at radius 1 is 1.17 bits per heavy atom. The highest BCUT2D eigenvalue weighted by molar-refractivity contribution is 7.19. The van der Waals surface area contributed by atoms with Crippen LogP contribution in [0.5, 0.6) is 5.75 Å². The quantitative estimate of drug-likeness (QED) is 0.739. The first kappa shape index (κ1) is 14.6. The van der Waals surface area contributed by atoms with Gasteiger partial charge in [-0.3, -0.25) is 0 Å². The van der Waals surface area contributed by atoms with E-state index < -0.39 is 0 Å². The molecule has 1 fully saturated rings. The summed E-state index contributed by atoms with van der Waals surface area (Å²) < 4.78 is 7.37. The summed E-state index contributed by atoms with van der Waals surface area (Å²) in [4.78, 5) is 3.20. The predicted octanol–water partition coefficient (Wildman–Crippen LogP) is 2.67. The minimum Gasteiger partial charge on any atom is -0.496 e. The van der Waals surface area contributed by atoms with Gasteiger partial charge in [-0.1, -0.05) is 23.5 Å². The lowest BCUT2D eigenvalue weighted by atomic mass is 9.96. The van der Waals surface area contributed by atoms with Crippen LogP contribution in [0.1, 0.15) is 24.6 Å². The topological polar surface area (TPSA) is 55.6 Å². The first-order valence-corrected chi connectivity index (χ1v) is 8.62. The third-order valence-electron chi connectivity index (χ3n) is 4.44. The summed E-state index contributed by atoms with van der Waals surface area (Å²) in [5.41, 5.74) is 1.000. The Morgan fingerprint density at radius 2 is 1.96 bits per heavy atom. The minimum atomic E-state index is 0.439. The van der Waals surface area contributed by atoms with Gasteiger partial charge >= 0.3 is 0 Å². The van der Waals surface area contributed by atoms with Gasteiger partial charge in [0.2, 0.25) is 4.96 Å². The summed E-state index contributed by atoms with van der Waals surface area (Å²) in [6.07, 6.45) is 2.22. The molecule has 6 nitrogen and oxygen atoms in total. The average molecular weight is 329 g/mol. The number of para-hydroxylation sites is 1. The van der Waals surface area contributed by atoms with E-state index in [2.05, 4.69) is 22.1 Å². The largest absolute Gasteiger partial charge is 0.496 e. The van der Waals surface area contributed by atoms with Crippen molar-refractivity contribution in [3.63, 3.8) is 0 Å². The second-order valence-corrected chi connectivity index (χ2v) is 6.89. The van der Waals surface area contributed by atoms with Gasteiger partial charge in [-0.2, -0.15) is 9.61 Å². The normalized spacial score (nSPS) is 17.0. The maximum atomic E-state index is 5.45. The zero-order valence-corrected chi connectivity index (χ0v) is 14.1. The van der Waals surface area contributed by atoms with Crippen molar-refractivity contribution in [2.75, 3.05) is 27.2 Å². The van der Waals surface area contributed by atoms with Crippen molar-refractivity contribution in [1.29, 1.82) is 0 Å². The van der Waals surface area contributed by atoms with Crippen molar-refractivity contribution in [2.45, 2.75) is 18.8 Å². The molecule has 2 aromatic heterocycles. The lowest BCUT2D eigenvalue weighted by molar-refractivity contribution is 0.250. The molecule has 7 heteroatoms. The molecule has 1 aliphatic rings. The monoisotopic (exact) mass is 329 g/mol. The highest BCUT2D eigenvalue weighted by Gasteiger charge is 2.25. The van der Waals surface area contributed by atoms with E-state index >= 15 is 0 Å². The number of rotatable bonds is 3. The number of methoxy groups -OCH3 is 1. The Balaban J connectivity index is 1.72. The number of ether oxygens (including phenoxy) is 1. The number of fused-ring (bicyclic) bond motifs is 1. The smallest absolute Gasteiger partial charge is 0.234 e. The van der Waals surface area contributed by atoms with Crippen LogP contribution in [0.15, 0.2) is 24.3 Å². The average Bonchev–Trinajstić information content (AvgIpc) is 3.16. The molecule has 120 valence electrons. The van der Waals surface area contributed by atoms with Crippen LogP contribution in [0, 0.1) is 0 Å². The van der Waals surface area contributed by atoms with E-state index in [0.29, 0.717) is 5.92 Å². The van der Waals surface area contributed by atoms with Gasteiger partial charge in [-0.05, 0) is 45.1 Å². The van der Waals surface area contributed by atoms with Crippen LogP contribution in [0.3, 0.4) is 0 Å². The molecule has 0 radical (unpaired) electrons. The molecule has 0 spiro atoms. The highest BCUT2D eigenvalue weighted by Crippen LogP contribution is 2.34. The standard InChI is InChI=1S/C16H19N5OS/c1-20-9-7-11(8-10-20)14-17-18-16-21(14)19-15(23-16)12-5-3-4-6-13(12)22-2/h3-6,11H,7-10H2,1-2H3. The second-order valence-electron chi connectivity index (χ2n) is 5.94. The summed E-state index contributed by atoms with van der Waals surface area (Å²) in [5.74, 6) is 2.26. The zero-order chi connectivity index (χ0) is 15.8. The maximum absolute atomic E-state index is 5.45. The molecule has 0 saturated carbocycles. The lowest BCUT2D eigenvalue weighted by Gasteiger charge is -2.27. The van der Waals surface area contributed by atoms with Gasteiger partial charge in [0.25, 0.3) is 0 Å². The van der Waals surface area contributed by atoms with Gasteiger partial charge in [-0.25, -0.2) is 0 Å². The summed E-state index contributed by atoms with van der Waals surface area (Å²) in [5, 5.41) is 14.4. The number of likely N-dealkylation sites (tertiary alicyclic amines) is 1. The van der Waals surface area contributed by atoms with Crippen LogP contribution in [-0.2, 0) is 0 Å². The van der Waals surface area contributed by atoms with Crippen molar-refractivity contribution < 1.29 is 4.74 Å². The SMILES string of the molecule is COc1ccccc1-c1nn2c(C3CCN(C)CC3)nnc2s1. The Hall–Kier alpha value is -1.99. The molecule has 0 unspecified atom stereocenters. The molecule has 3 aromatic rings. The zero-order valence-electron chi connectivity index (χ0n) is 13.3. The molecule has 23 heavy (non-hydrogen) atoms. The summed E-state index contributed by atoms with van der Waals surface area (Å²) in [6.45, 7) is 2.20. The molecule has 4 rings (SSSR count). The maximum Gasteiger partial charge on any atom is 0.234 e. The van der Waals surface area contributed by atoms with Gasteiger partial charge in [-0.15, -0.1) is 10.2 Å². The van der Waals surface area contributed by atoms with Gasteiger partial charge < -0.3 is 9.64 Å². The van der Waals surface area contributed by atoms with Gasteiger partial charge in [0.1, 0.15) is 5.75 Å². The Kier molecular flexibility index (Phi) is 3.74. The summed E-state index contributed by atoms with van der Waals surface area (Å²) in [6, 6.07) is 7.94. The van der Waals surface area contributed by atoms with Gasteiger partial charge in [0.15, 0.2) is 10.8 Å². The van der Waals surface area contributed by atoms with E-state index in [1.165, 1.54) is 0 Å². The van der Waals surface area contributed by atoms with E-state index in [4.69, 9.17) is 9.84 Å². The van der Waals surface area contributed by atoms with Gasteiger partial charge in [0.05, 0.1) is 12.7 Å². The number of piperidine rings is 1. The fourth-order valence-corrected chi connectivity index (χ4v) is 3.96. The molecule has 1 saturated heterocycles. The van der Waals surface area contributed by atoms with Crippen molar-refractivity contribution in [1.82, 2.24) is 24.7 Å². The third kappa shape index (κ3) is 2.60. The second kappa shape index (κ2) is 5.90. The summed E-state index contributed by atoms with van der Waals surface area (Å²) >= 11 is 1.55. The predicted molar refractivity (Wildman–Crippen MR) is 90.1 cm³/mol. The van der Waals surface area contributed by atoms with E-state index in [1.807, 2.05) is 28.8 Å². The van der Waals surface area contributed by atoms with E-state index in [0.717, 1.165) is 53.0 Å². The first-order valence-electron chi connectivity index (χ1n) is 7.80. The minimum absolute atomic E-state index is 0.439. The van der Waals surface area contributed by atoms with E-state index in [1.54, 1.807) is 18.4 Å². The van der Waals surface area contributed by atoms with Crippen LogP contribution in [0.25, 0.3) is 15.5 Å². The van der Waals surface area contributed by atoms with E-state index in [9.17, 15) is 0 Å². The number of benzene rings is 1. The molecule has 1 aromatic carbocycles. The molecule has 1 aliphatic heterocycles. The van der Waals surface area contributed by atoms with Crippen molar-refractivity contribution in [2.24, 2.45) is 0 Å². The fraction of sp³-hybridized carbons (Fsp3) is 0.438. The number of nitrogens with zero attached hydrogens (tertiary/aromatic N) is 5. The molecule has 3 heterocycles. The molecular formula is C16H19N5OS. The number of hydrogen-bond acceptors (Lipinski definition) is 6. The van der Waals surface area contributed by atoms with Crippen LogP contribution in [-0.4, -0.2) is 52.0 Å². The van der Waals surface area contributed by atoms with Crippen LogP contribution in [0.4, 0.5) is 0 Å². The molecule has 0 atom stereocenters. The lowest BCUT2D eigenvalue weighted by Crippen LogP contribution is -2.30. The van der Waals surface area contributed by atoms with Crippen LogP contribution >= 0.6 is 11.3 Å². The molecule has 0 bridgehead atoms. The highest BCUT2D eigenvalue weighted by atomic mass is 32.1.